The molecule has 0 unspecified atom stereocenters. The summed E-state index contributed by atoms with van der Waals surface area (Å²) in [4.78, 5) is 19.4. The average molecular weight is 280 g/mol. The first-order valence-corrected chi connectivity index (χ1v) is 6.37. The van der Waals surface area contributed by atoms with Crippen LogP contribution < -0.4 is 5.32 Å². The van der Waals surface area contributed by atoms with Crippen molar-refractivity contribution in [2.75, 3.05) is 12.4 Å². The van der Waals surface area contributed by atoms with E-state index in [1.807, 2.05) is 30.3 Å². The number of anilines is 1. The first kappa shape index (κ1) is 13.0. The molecular weight excluding hydrogens is 268 g/mol. The third-order valence-corrected chi connectivity index (χ3v) is 3.19. The largest absolute Gasteiger partial charge is 0.373 e. The smallest absolute Gasteiger partial charge is 0.295 e. The number of nitrogens with zero attached hydrogens (tertiary/aromatic N) is 3. The molecule has 2 aromatic heterocycles. The fraction of sp³-hybridized carbons (Fsp3) is 0.0667. The van der Waals surface area contributed by atoms with Gasteiger partial charge < -0.3 is 5.32 Å². The number of nitro groups is 1. The minimum absolute atomic E-state index is 0.0360. The Bertz CT molecular complexity index is 833. The molecule has 0 saturated carbocycles. The standard InChI is InChI=1S/C15H12N4O2/c1-16-14-7-6-13(19(20)21)15(18-14)11-8-10-4-2-3-5-12(10)17-9-11/h2-9H,1H3,(H,16,18). The van der Waals surface area contributed by atoms with Crippen molar-refractivity contribution in [3.05, 3.63) is 58.8 Å². The van der Waals surface area contributed by atoms with Crippen molar-refractivity contribution in [3.8, 4) is 11.3 Å². The first-order chi connectivity index (χ1) is 10.2. The Hall–Kier alpha value is -3.02. The van der Waals surface area contributed by atoms with Gasteiger partial charge in [0.05, 0.1) is 10.4 Å². The Labute approximate surface area is 120 Å². The molecule has 0 saturated heterocycles. The molecule has 0 bridgehead atoms. The highest BCUT2D eigenvalue weighted by Gasteiger charge is 2.18. The second kappa shape index (κ2) is 5.16. The minimum Gasteiger partial charge on any atom is -0.373 e. The quantitative estimate of drug-likeness (QED) is 0.588. The number of pyridine rings is 2. The molecule has 6 heteroatoms. The molecule has 0 aliphatic carbocycles. The van der Waals surface area contributed by atoms with Crippen LogP contribution in [0.5, 0.6) is 0 Å². The van der Waals surface area contributed by atoms with Gasteiger partial charge in [-0.2, -0.15) is 0 Å². The zero-order valence-corrected chi connectivity index (χ0v) is 11.3. The van der Waals surface area contributed by atoms with Crippen LogP contribution in [-0.4, -0.2) is 21.9 Å². The normalized spacial score (nSPS) is 10.5. The summed E-state index contributed by atoms with van der Waals surface area (Å²) < 4.78 is 0. The maximum atomic E-state index is 11.2. The zero-order chi connectivity index (χ0) is 14.8. The van der Waals surface area contributed by atoms with Gasteiger partial charge in [0.15, 0.2) is 5.69 Å². The molecule has 3 rings (SSSR count). The highest BCUT2D eigenvalue weighted by atomic mass is 16.6. The van der Waals surface area contributed by atoms with Crippen LogP contribution in [0.15, 0.2) is 48.7 Å². The molecule has 0 radical (unpaired) electrons. The van der Waals surface area contributed by atoms with E-state index in [1.54, 1.807) is 19.3 Å². The van der Waals surface area contributed by atoms with E-state index in [1.165, 1.54) is 6.07 Å². The average Bonchev–Trinajstić information content (AvgIpc) is 2.53. The van der Waals surface area contributed by atoms with E-state index in [9.17, 15) is 10.1 Å². The minimum atomic E-state index is -0.434. The summed E-state index contributed by atoms with van der Waals surface area (Å²) in [6, 6.07) is 12.5. The van der Waals surface area contributed by atoms with Crippen LogP contribution in [0.2, 0.25) is 0 Å². The number of nitrogens with one attached hydrogen (secondary N) is 1. The van der Waals surface area contributed by atoms with Gasteiger partial charge in [-0.05, 0) is 18.2 Å². The Morgan fingerprint density at radius 2 is 2.00 bits per heavy atom. The van der Waals surface area contributed by atoms with Gasteiger partial charge in [-0.3, -0.25) is 15.1 Å². The van der Waals surface area contributed by atoms with Gasteiger partial charge in [-0.1, -0.05) is 18.2 Å². The molecule has 0 aliphatic heterocycles. The lowest BCUT2D eigenvalue weighted by Crippen LogP contribution is -1.99. The molecule has 1 aromatic carbocycles. The number of hydrogen-bond acceptors (Lipinski definition) is 5. The third-order valence-electron chi connectivity index (χ3n) is 3.19. The molecule has 104 valence electrons. The van der Waals surface area contributed by atoms with Gasteiger partial charge in [0.1, 0.15) is 5.82 Å². The van der Waals surface area contributed by atoms with Gasteiger partial charge >= 0.3 is 0 Å². The van der Waals surface area contributed by atoms with Gasteiger partial charge in [-0.25, -0.2) is 4.98 Å². The topological polar surface area (TPSA) is 81.0 Å². The molecule has 6 nitrogen and oxygen atoms in total. The number of para-hydroxylation sites is 1. The lowest BCUT2D eigenvalue weighted by Gasteiger charge is -2.06. The number of hydrogen-bond donors (Lipinski definition) is 1. The highest BCUT2D eigenvalue weighted by Crippen LogP contribution is 2.30. The van der Waals surface area contributed by atoms with Crippen molar-refractivity contribution in [3.63, 3.8) is 0 Å². The Morgan fingerprint density at radius 3 is 2.76 bits per heavy atom. The number of aromatic nitrogens is 2. The fourth-order valence-electron chi connectivity index (χ4n) is 2.15. The Kier molecular flexibility index (Phi) is 3.19. The summed E-state index contributed by atoms with van der Waals surface area (Å²) in [7, 11) is 1.72. The summed E-state index contributed by atoms with van der Waals surface area (Å²) in [5, 5.41) is 15.0. The highest BCUT2D eigenvalue weighted by molar-refractivity contribution is 5.84. The predicted octanol–water partition coefficient (Wildman–Crippen LogP) is 3.25. The zero-order valence-electron chi connectivity index (χ0n) is 11.3. The van der Waals surface area contributed by atoms with Crippen LogP contribution in [0.1, 0.15) is 0 Å². The Morgan fingerprint density at radius 1 is 1.19 bits per heavy atom. The molecule has 1 N–H and O–H groups in total. The molecule has 3 aromatic rings. The van der Waals surface area contributed by atoms with Crippen LogP contribution in [0.3, 0.4) is 0 Å². The van der Waals surface area contributed by atoms with E-state index in [4.69, 9.17) is 0 Å². The van der Waals surface area contributed by atoms with Crippen LogP contribution in [-0.2, 0) is 0 Å². The van der Waals surface area contributed by atoms with Crippen molar-refractivity contribution in [2.24, 2.45) is 0 Å². The van der Waals surface area contributed by atoms with Crippen molar-refractivity contribution < 1.29 is 4.92 Å². The van der Waals surface area contributed by atoms with Crippen molar-refractivity contribution in [2.45, 2.75) is 0 Å². The van der Waals surface area contributed by atoms with Crippen LogP contribution >= 0.6 is 0 Å². The third kappa shape index (κ3) is 2.38. The summed E-state index contributed by atoms with van der Waals surface area (Å²) >= 11 is 0. The summed E-state index contributed by atoms with van der Waals surface area (Å²) in [5.74, 6) is 0.573. The van der Waals surface area contributed by atoms with Crippen LogP contribution in [0, 0.1) is 10.1 Å². The molecule has 0 aliphatic rings. The van der Waals surface area contributed by atoms with Crippen molar-refractivity contribution >= 4 is 22.4 Å². The van der Waals surface area contributed by atoms with Gasteiger partial charge in [0.2, 0.25) is 0 Å². The van der Waals surface area contributed by atoms with Crippen molar-refractivity contribution in [1.82, 2.24) is 9.97 Å². The lowest BCUT2D eigenvalue weighted by molar-refractivity contribution is -0.384. The monoisotopic (exact) mass is 280 g/mol. The molecule has 0 fully saturated rings. The van der Waals surface area contributed by atoms with E-state index >= 15 is 0 Å². The van der Waals surface area contributed by atoms with Crippen LogP contribution in [0.25, 0.3) is 22.2 Å². The SMILES string of the molecule is CNc1ccc([N+](=O)[O-])c(-c2cnc3ccccc3c2)n1. The number of benzene rings is 1. The molecule has 0 spiro atoms. The fourth-order valence-corrected chi connectivity index (χ4v) is 2.15. The molecule has 0 amide bonds. The number of fused-ring (bicyclic) bond motifs is 1. The van der Waals surface area contributed by atoms with E-state index in [0.717, 1.165) is 10.9 Å². The van der Waals surface area contributed by atoms with Gasteiger partial charge in [-0.15, -0.1) is 0 Å². The molecular formula is C15H12N4O2. The Balaban J connectivity index is 2.22. The van der Waals surface area contributed by atoms with E-state index in [0.29, 0.717) is 17.1 Å². The maximum Gasteiger partial charge on any atom is 0.295 e. The molecule has 2 heterocycles. The van der Waals surface area contributed by atoms with Gasteiger partial charge in [0.25, 0.3) is 5.69 Å². The summed E-state index contributed by atoms with van der Waals surface area (Å²) in [6.45, 7) is 0. The summed E-state index contributed by atoms with van der Waals surface area (Å²) in [5.41, 5.74) is 1.74. The summed E-state index contributed by atoms with van der Waals surface area (Å²) in [6.07, 6.45) is 1.61. The predicted molar refractivity (Wildman–Crippen MR) is 81.2 cm³/mol. The first-order valence-electron chi connectivity index (χ1n) is 6.37. The van der Waals surface area contributed by atoms with E-state index in [2.05, 4.69) is 15.3 Å². The lowest BCUT2D eigenvalue weighted by atomic mass is 10.1. The van der Waals surface area contributed by atoms with E-state index in [-0.39, 0.29) is 5.69 Å². The second-order valence-electron chi connectivity index (χ2n) is 4.49. The van der Waals surface area contributed by atoms with Crippen LogP contribution in [0.4, 0.5) is 11.5 Å². The number of rotatable bonds is 3. The molecule has 21 heavy (non-hydrogen) atoms. The second-order valence-corrected chi connectivity index (χ2v) is 4.49. The van der Waals surface area contributed by atoms with Gasteiger partial charge in [0, 0.05) is 30.3 Å². The molecule has 0 atom stereocenters. The van der Waals surface area contributed by atoms with E-state index < -0.39 is 4.92 Å². The maximum absolute atomic E-state index is 11.2. The van der Waals surface area contributed by atoms with Crippen molar-refractivity contribution in [1.29, 1.82) is 0 Å².